The minimum Gasteiger partial charge on any atom is -0.350 e. The van der Waals surface area contributed by atoms with Gasteiger partial charge < -0.3 is 16.4 Å². The molecule has 192 valence electrons. The molecule has 4 N–H and O–H groups in total. The van der Waals surface area contributed by atoms with E-state index >= 15 is 0 Å². The van der Waals surface area contributed by atoms with E-state index in [0.29, 0.717) is 51.3 Å². The molecule has 1 aromatic heterocycles. The zero-order valence-corrected chi connectivity index (χ0v) is 21.7. The summed E-state index contributed by atoms with van der Waals surface area (Å²) in [7, 11) is 0. The average Bonchev–Trinajstić information content (AvgIpc) is 3.04. The van der Waals surface area contributed by atoms with Crippen LogP contribution in [0.2, 0.25) is 5.02 Å². The molecule has 0 bridgehead atoms. The first-order chi connectivity index (χ1) is 18.2. The average molecular weight is 529 g/mol. The van der Waals surface area contributed by atoms with Crippen LogP contribution in [0.3, 0.4) is 0 Å². The van der Waals surface area contributed by atoms with E-state index in [0.717, 1.165) is 11.1 Å². The van der Waals surface area contributed by atoms with Crippen LogP contribution in [-0.4, -0.2) is 33.7 Å². The van der Waals surface area contributed by atoms with Crippen LogP contribution in [0.1, 0.15) is 40.9 Å². The molecule has 1 amide bonds. The van der Waals surface area contributed by atoms with Gasteiger partial charge in [0.15, 0.2) is 0 Å². The lowest BCUT2D eigenvalue weighted by Crippen LogP contribution is -2.45. The van der Waals surface area contributed by atoms with Crippen molar-refractivity contribution in [2.24, 2.45) is 10.7 Å². The molecule has 0 atom stereocenters. The van der Waals surface area contributed by atoms with E-state index in [9.17, 15) is 9.18 Å². The van der Waals surface area contributed by atoms with E-state index < -0.39 is 5.54 Å². The number of aliphatic imine (C=N–C) groups is 1. The molecule has 5 rings (SSSR count). The van der Waals surface area contributed by atoms with Gasteiger partial charge in [0.05, 0.1) is 18.0 Å². The number of nitrogens with one attached hydrogen (secondary N) is 2. The second kappa shape index (κ2) is 10.3. The molecule has 0 aliphatic carbocycles. The van der Waals surface area contributed by atoms with Crippen molar-refractivity contribution < 1.29 is 9.18 Å². The second-order valence-electron chi connectivity index (χ2n) is 9.78. The van der Waals surface area contributed by atoms with Crippen molar-refractivity contribution in [3.05, 3.63) is 106 Å². The zero-order valence-electron chi connectivity index (χ0n) is 20.9. The number of amides is 1. The van der Waals surface area contributed by atoms with Crippen LogP contribution in [0, 0.1) is 5.82 Å². The molecule has 0 saturated heterocycles. The van der Waals surface area contributed by atoms with Gasteiger partial charge in [-0.15, -0.1) is 0 Å². The molecule has 4 aromatic rings. The lowest BCUT2D eigenvalue weighted by atomic mass is 9.95. The number of hydrogen-bond acceptors (Lipinski definition) is 6. The molecule has 0 spiro atoms. The van der Waals surface area contributed by atoms with Crippen molar-refractivity contribution in [1.29, 1.82) is 0 Å². The van der Waals surface area contributed by atoms with Crippen LogP contribution in [0.5, 0.6) is 0 Å². The number of anilines is 2. The third kappa shape index (κ3) is 5.56. The molecule has 7 nitrogen and oxygen atoms in total. The van der Waals surface area contributed by atoms with Gasteiger partial charge in [-0.05, 0) is 62.4 Å². The van der Waals surface area contributed by atoms with Crippen LogP contribution < -0.4 is 16.4 Å². The highest BCUT2D eigenvalue weighted by molar-refractivity contribution is 6.31. The summed E-state index contributed by atoms with van der Waals surface area (Å²) in [6, 6.07) is 19.0. The van der Waals surface area contributed by atoms with Gasteiger partial charge in [0.2, 0.25) is 5.95 Å². The van der Waals surface area contributed by atoms with E-state index in [-0.39, 0.29) is 18.3 Å². The highest BCUT2D eigenvalue weighted by atomic mass is 35.5. The Morgan fingerprint density at radius 2 is 1.82 bits per heavy atom. The smallest absolute Gasteiger partial charge is 0.251 e. The molecular weight excluding hydrogens is 503 g/mol. The van der Waals surface area contributed by atoms with Gasteiger partial charge in [0, 0.05) is 56.8 Å². The van der Waals surface area contributed by atoms with Crippen molar-refractivity contribution in [3.8, 4) is 11.3 Å². The maximum Gasteiger partial charge on any atom is 0.251 e. The van der Waals surface area contributed by atoms with Crippen LogP contribution >= 0.6 is 11.6 Å². The van der Waals surface area contributed by atoms with Gasteiger partial charge in [0.1, 0.15) is 5.82 Å². The fourth-order valence-corrected chi connectivity index (χ4v) is 4.28. The highest BCUT2D eigenvalue weighted by Crippen LogP contribution is 2.34. The minimum absolute atomic E-state index is 0.197. The van der Waals surface area contributed by atoms with Crippen molar-refractivity contribution >= 4 is 34.9 Å². The lowest BCUT2D eigenvalue weighted by Gasteiger charge is -2.18. The van der Waals surface area contributed by atoms with Crippen LogP contribution in [0.15, 0.2) is 77.9 Å². The number of benzene rings is 3. The second-order valence-corrected chi connectivity index (χ2v) is 10.2. The molecule has 0 fully saturated rings. The number of fused-ring (bicyclic) bond motifs is 3. The molecule has 1 aliphatic rings. The van der Waals surface area contributed by atoms with Gasteiger partial charge in [-0.3, -0.25) is 9.79 Å². The van der Waals surface area contributed by atoms with Crippen molar-refractivity contribution in [3.63, 3.8) is 0 Å². The number of halogens is 2. The molecule has 0 unspecified atom stereocenters. The Hall–Kier alpha value is -4.14. The maximum absolute atomic E-state index is 14.7. The third-order valence-electron chi connectivity index (χ3n) is 6.00. The molecule has 0 saturated carbocycles. The molecule has 38 heavy (non-hydrogen) atoms. The number of nitrogens with zero attached hydrogens (tertiary/aromatic N) is 3. The van der Waals surface area contributed by atoms with Crippen molar-refractivity contribution in [2.75, 3.05) is 11.9 Å². The zero-order chi connectivity index (χ0) is 26.9. The van der Waals surface area contributed by atoms with Gasteiger partial charge in [-0.2, -0.15) is 0 Å². The lowest BCUT2D eigenvalue weighted by molar-refractivity contribution is 0.0946. The highest BCUT2D eigenvalue weighted by Gasteiger charge is 2.23. The summed E-state index contributed by atoms with van der Waals surface area (Å²) in [5.41, 5.74) is 10.6. The summed E-state index contributed by atoms with van der Waals surface area (Å²) < 4.78 is 14.7. The fraction of sp³-hybridized carbons (Fsp3) is 0.172. The largest absolute Gasteiger partial charge is 0.350 e. The van der Waals surface area contributed by atoms with Gasteiger partial charge in [-0.25, -0.2) is 14.4 Å². The van der Waals surface area contributed by atoms with E-state index in [1.165, 1.54) is 6.07 Å². The number of aromatic nitrogens is 2. The first-order valence-electron chi connectivity index (χ1n) is 12.1. The Bertz CT molecular complexity index is 1550. The van der Waals surface area contributed by atoms with Crippen molar-refractivity contribution in [1.82, 2.24) is 15.3 Å². The summed E-state index contributed by atoms with van der Waals surface area (Å²) in [4.78, 5) is 26.4. The topological polar surface area (TPSA) is 105 Å². The quantitative estimate of drug-likeness (QED) is 0.306. The summed E-state index contributed by atoms with van der Waals surface area (Å²) in [5, 5.41) is 6.54. The Labute approximate surface area is 225 Å². The van der Waals surface area contributed by atoms with Crippen LogP contribution in [0.25, 0.3) is 11.3 Å². The van der Waals surface area contributed by atoms with Crippen LogP contribution in [0.4, 0.5) is 16.0 Å². The van der Waals surface area contributed by atoms with E-state index in [2.05, 4.69) is 15.6 Å². The fourth-order valence-electron chi connectivity index (χ4n) is 4.11. The van der Waals surface area contributed by atoms with E-state index in [1.54, 1.807) is 60.8 Å². The summed E-state index contributed by atoms with van der Waals surface area (Å²) in [5.74, 6) is -0.182. The number of carbonyl (C=O) groups excluding carboxylic acids is 1. The van der Waals surface area contributed by atoms with E-state index in [4.69, 9.17) is 27.3 Å². The third-order valence-corrected chi connectivity index (χ3v) is 6.24. The van der Waals surface area contributed by atoms with Gasteiger partial charge >= 0.3 is 0 Å². The predicted octanol–water partition coefficient (Wildman–Crippen LogP) is 5.50. The monoisotopic (exact) mass is 528 g/mol. The molecular formula is C29H26ClFN6O. The molecule has 9 heteroatoms. The number of rotatable bonds is 6. The minimum atomic E-state index is -0.495. The Balaban J connectivity index is 1.43. The van der Waals surface area contributed by atoms with E-state index in [1.807, 2.05) is 19.9 Å². The van der Waals surface area contributed by atoms with Crippen molar-refractivity contribution in [2.45, 2.75) is 25.9 Å². The maximum atomic E-state index is 14.7. The molecule has 3 aromatic carbocycles. The Morgan fingerprint density at radius 1 is 1.05 bits per heavy atom. The SMILES string of the molecule is CC(C)(N)CNC(=O)c1ccc(Nc2ncc3c(n2)-c2ccc(Cl)cc2C(c2ccccc2F)=NC3)cc1. The normalized spacial score (nSPS) is 12.6. The first-order valence-corrected chi connectivity index (χ1v) is 12.5. The molecule has 2 heterocycles. The summed E-state index contributed by atoms with van der Waals surface area (Å²) >= 11 is 6.34. The standard InChI is InChI=1S/C29H26ClFN6O/c1-29(2,32)16-35-27(38)17-7-10-20(11-8-17)36-28-34-15-18-14-33-26(22-5-3-4-6-24(22)31)23-13-19(30)9-12-21(23)25(18)37-28/h3-13,15H,14,16,32H2,1-2H3,(H,35,38)(H,34,36,37). The predicted molar refractivity (Wildman–Crippen MR) is 149 cm³/mol. The molecule has 0 radical (unpaired) electrons. The number of nitrogens with two attached hydrogens (primary N) is 1. The first kappa shape index (κ1) is 25.5. The number of hydrogen-bond donors (Lipinski definition) is 3. The van der Waals surface area contributed by atoms with Gasteiger partial charge in [0.25, 0.3) is 5.91 Å². The summed E-state index contributed by atoms with van der Waals surface area (Å²) in [6.07, 6.45) is 1.72. The summed E-state index contributed by atoms with van der Waals surface area (Å²) in [6.45, 7) is 4.35. The molecule has 1 aliphatic heterocycles. The van der Waals surface area contributed by atoms with Crippen LogP contribution in [-0.2, 0) is 6.54 Å². The van der Waals surface area contributed by atoms with Gasteiger partial charge in [-0.1, -0.05) is 29.8 Å². The Kier molecular flexibility index (Phi) is 6.93. The Morgan fingerprint density at radius 3 is 2.55 bits per heavy atom. The number of carbonyl (C=O) groups is 1.